The zero-order valence-electron chi connectivity index (χ0n) is 26.4. The van der Waals surface area contributed by atoms with Crippen LogP contribution in [0.4, 0.5) is 17.1 Å². The van der Waals surface area contributed by atoms with Crippen LogP contribution in [0.2, 0.25) is 0 Å². The number of hydrogen-bond donors (Lipinski definition) is 0. The average Bonchev–Trinajstić information content (AvgIpc) is 3.51. The third kappa shape index (κ3) is 4.74. The van der Waals surface area contributed by atoms with Crippen LogP contribution in [-0.4, -0.2) is 4.40 Å². The van der Waals surface area contributed by atoms with E-state index < -0.39 is 0 Å². The van der Waals surface area contributed by atoms with Crippen molar-refractivity contribution in [2.24, 2.45) is 0 Å². The molecule has 9 aromatic rings. The largest absolute Gasteiger partial charge is 0.315 e. The van der Waals surface area contributed by atoms with Crippen LogP contribution in [0.1, 0.15) is 0 Å². The van der Waals surface area contributed by atoms with Gasteiger partial charge in [-0.25, -0.2) is 0 Å². The Morgan fingerprint density at radius 3 is 1.54 bits per heavy atom. The lowest BCUT2D eigenvalue weighted by molar-refractivity contribution is 1.26. The summed E-state index contributed by atoms with van der Waals surface area (Å²) in [7, 11) is 0. The Labute approximate surface area is 280 Å². The molecule has 0 fully saturated rings. The molecule has 226 valence electrons. The maximum atomic E-state index is 2.42. The highest BCUT2D eigenvalue weighted by Gasteiger charge is 2.21. The van der Waals surface area contributed by atoms with Crippen molar-refractivity contribution in [1.82, 2.24) is 4.40 Å². The van der Waals surface area contributed by atoms with Crippen molar-refractivity contribution in [1.29, 1.82) is 0 Å². The number of hydrogen-bond acceptors (Lipinski definition) is 1. The summed E-state index contributed by atoms with van der Waals surface area (Å²) < 4.78 is 2.36. The van der Waals surface area contributed by atoms with E-state index in [0.29, 0.717) is 0 Å². The molecular weight excluding hydrogens is 581 g/mol. The van der Waals surface area contributed by atoms with E-state index in [1.54, 1.807) is 0 Å². The summed E-state index contributed by atoms with van der Waals surface area (Å²) in [5.74, 6) is 0. The first-order valence-corrected chi connectivity index (χ1v) is 16.4. The summed E-state index contributed by atoms with van der Waals surface area (Å²) >= 11 is 0. The lowest BCUT2D eigenvalue weighted by Crippen LogP contribution is -2.11. The topological polar surface area (TPSA) is 7.65 Å². The van der Waals surface area contributed by atoms with Gasteiger partial charge in [-0.2, -0.15) is 0 Å². The lowest BCUT2D eigenvalue weighted by atomic mass is 9.96. The molecule has 0 bridgehead atoms. The summed E-state index contributed by atoms with van der Waals surface area (Å²) in [6, 6.07) is 67.6. The summed E-state index contributed by atoms with van der Waals surface area (Å²) in [4.78, 5) is 2.42. The summed E-state index contributed by atoms with van der Waals surface area (Å²) in [5, 5.41) is 3.67. The Balaban J connectivity index is 1.35. The normalized spacial score (nSPS) is 11.3. The quantitative estimate of drug-likeness (QED) is 0.181. The van der Waals surface area contributed by atoms with Crippen LogP contribution in [0.3, 0.4) is 0 Å². The van der Waals surface area contributed by atoms with Gasteiger partial charge in [-0.3, -0.25) is 0 Å². The smallest absolute Gasteiger partial charge is 0.0620 e. The molecule has 0 aliphatic rings. The zero-order valence-corrected chi connectivity index (χ0v) is 26.4. The summed E-state index contributed by atoms with van der Waals surface area (Å²) in [5.41, 5.74) is 13.0. The number of nitrogens with zero attached hydrogens (tertiary/aromatic N) is 2. The van der Waals surface area contributed by atoms with Gasteiger partial charge in [-0.05, 0) is 76.3 Å². The first-order valence-electron chi connectivity index (χ1n) is 16.4. The minimum absolute atomic E-state index is 1.11. The number of anilines is 3. The van der Waals surface area contributed by atoms with Gasteiger partial charge in [-0.1, -0.05) is 140 Å². The van der Waals surface area contributed by atoms with Crippen molar-refractivity contribution >= 4 is 44.3 Å². The van der Waals surface area contributed by atoms with Crippen molar-refractivity contribution in [3.05, 3.63) is 194 Å². The van der Waals surface area contributed by atoms with E-state index in [4.69, 9.17) is 0 Å². The van der Waals surface area contributed by atoms with Gasteiger partial charge in [0, 0.05) is 39.3 Å². The van der Waals surface area contributed by atoms with Crippen LogP contribution in [0.5, 0.6) is 0 Å². The number of para-hydroxylation sites is 2. The van der Waals surface area contributed by atoms with Crippen molar-refractivity contribution in [3.63, 3.8) is 0 Å². The molecule has 0 unspecified atom stereocenters. The van der Waals surface area contributed by atoms with E-state index >= 15 is 0 Å². The van der Waals surface area contributed by atoms with Gasteiger partial charge in [0.2, 0.25) is 0 Å². The van der Waals surface area contributed by atoms with Gasteiger partial charge >= 0.3 is 0 Å². The third-order valence-corrected chi connectivity index (χ3v) is 9.35. The molecule has 2 heteroatoms. The molecule has 0 aliphatic heterocycles. The fourth-order valence-electron chi connectivity index (χ4n) is 7.20. The first kappa shape index (κ1) is 27.9. The van der Waals surface area contributed by atoms with E-state index in [0.717, 1.165) is 17.1 Å². The van der Waals surface area contributed by atoms with Crippen LogP contribution in [0.15, 0.2) is 194 Å². The molecule has 0 spiro atoms. The van der Waals surface area contributed by atoms with Crippen molar-refractivity contribution in [2.45, 2.75) is 0 Å². The Morgan fingerprint density at radius 2 is 0.896 bits per heavy atom. The standard InChI is InChI=1S/C46H32N2/c1-5-16-33(17-6-1)36-30-37(34-18-7-2-8-19-34)32-39(31-36)48(38-22-11-4-12-23-38)44-27-15-25-41-40(44)28-29-47-43-26-14-13-24-42(43)45(46(41)47)35-20-9-3-10-21-35/h1-32H. The van der Waals surface area contributed by atoms with E-state index in [9.17, 15) is 0 Å². The fraction of sp³-hybridized carbons (Fsp3) is 0. The third-order valence-electron chi connectivity index (χ3n) is 9.35. The molecule has 0 radical (unpaired) electrons. The number of rotatable bonds is 6. The van der Waals surface area contributed by atoms with E-state index in [-0.39, 0.29) is 0 Å². The molecule has 2 heterocycles. The average molecular weight is 613 g/mol. The predicted molar refractivity (Wildman–Crippen MR) is 203 cm³/mol. The zero-order chi connectivity index (χ0) is 31.9. The molecule has 0 saturated heterocycles. The number of aromatic nitrogens is 1. The fourth-order valence-corrected chi connectivity index (χ4v) is 7.20. The molecule has 2 nitrogen and oxygen atoms in total. The maximum absolute atomic E-state index is 2.42. The van der Waals surface area contributed by atoms with Crippen LogP contribution in [-0.2, 0) is 0 Å². The number of benzene rings is 7. The van der Waals surface area contributed by atoms with E-state index in [1.807, 2.05) is 0 Å². The molecule has 0 saturated carbocycles. The van der Waals surface area contributed by atoms with Crippen molar-refractivity contribution < 1.29 is 0 Å². The second kappa shape index (κ2) is 11.8. The Morgan fingerprint density at radius 1 is 0.354 bits per heavy atom. The molecule has 0 atom stereocenters. The predicted octanol–water partition coefficient (Wildman–Crippen LogP) is 12.7. The molecule has 9 rings (SSSR count). The molecule has 0 aliphatic carbocycles. The molecule has 48 heavy (non-hydrogen) atoms. The van der Waals surface area contributed by atoms with Gasteiger partial charge in [0.05, 0.1) is 16.7 Å². The molecule has 0 N–H and O–H groups in total. The number of fused-ring (bicyclic) bond motifs is 5. The van der Waals surface area contributed by atoms with Gasteiger partial charge in [0.25, 0.3) is 0 Å². The molecular formula is C46H32N2. The van der Waals surface area contributed by atoms with Crippen LogP contribution >= 0.6 is 0 Å². The number of pyridine rings is 1. The first-order chi connectivity index (χ1) is 23.8. The lowest BCUT2D eigenvalue weighted by Gasteiger charge is -2.28. The Bertz CT molecular complexity index is 2480. The summed E-state index contributed by atoms with van der Waals surface area (Å²) in [6.07, 6.45) is 2.24. The van der Waals surface area contributed by atoms with Crippen LogP contribution < -0.4 is 4.90 Å². The van der Waals surface area contributed by atoms with Crippen molar-refractivity contribution in [2.75, 3.05) is 4.90 Å². The van der Waals surface area contributed by atoms with Crippen LogP contribution in [0.25, 0.3) is 60.6 Å². The second-order valence-corrected chi connectivity index (χ2v) is 12.2. The highest BCUT2D eigenvalue weighted by atomic mass is 15.1. The minimum atomic E-state index is 1.11. The second-order valence-electron chi connectivity index (χ2n) is 12.2. The molecule has 7 aromatic carbocycles. The van der Waals surface area contributed by atoms with Gasteiger partial charge < -0.3 is 9.30 Å². The van der Waals surface area contributed by atoms with Gasteiger partial charge in [0.15, 0.2) is 0 Å². The van der Waals surface area contributed by atoms with Crippen LogP contribution in [0, 0.1) is 0 Å². The molecule has 0 amide bonds. The van der Waals surface area contributed by atoms with Gasteiger partial charge in [0.1, 0.15) is 0 Å². The SMILES string of the molecule is c1ccc(-c2cc(-c3ccccc3)cc(N(c3ccccc3)c3cccc4c3ccn3c5ccccc5c(-c5ccccc5)c43)c2)cc1. The molecule has 2 aromatic heterocycles. The van der Waals surface area contributed by atoms with Gasteiger partial charge in [-0.15, -0.1) is 0 Å². The van der Waals surface area contributed by atoms with Crippen molar-refractivity contribution in [3.8, 4) is 33.4 Å². The minimum Gasteiger partial charge on any atom is -0.315 e. The monoisotopic (exact) mass is 612 g/mol. The van der Waals surface area contributed by atoms with E-state index in [2.05, 4.69) is 204 Å². The highest BCUT2D eigenvalue weighted by molar-refractivity contribution is 6.17. The summed E-state index contributed by atoms with van der Waals surface area (Å²) in [6.45, 7) is 0. The highest BCUT2D eigenvalue weighted by Crippen LogP contribution is 2.45. The Kier molecular flexibility index (Phi) is 6.84. The maximum Gasteiger partial charge on any atom is 0.0620 e. The van der Waals surface area contributed by atoms with E-state index in [1.165, 1.54) is 60.6 Å². The Hall–Kier alpha value is -6.38.